The summed E-state index contributed by atoms with van der Waals surface area (Å²) in [6, 6.07) is 7.42. The second-order valence-electron chi connectivity index (χ2n) is 6.74. The van der Waals surface area contributed by atoms with E-state index in [4.69, 9.17) is 4.52 Å². The van der Waals surface area contributed by atoms with Gasteiger partial charge in [0.15, 0.2) is 5.69 Å². The SMILES string of the molecule is Cc1cccc(CN2C(=O)C[C@H]3[C@H]2CCN3C(=O)c2cc(C)on2)n1. The van der Waals surface area contributed by atoms with Crippen LogP contribution in [0.1, 0.15) is 40.5 Å². The second-order valence-corrected chi connectivity index (χ2v) is 6.74. The molecule has 2 atom stereocenters. The maximum absolute atomic E-state index is 12.7. The molecule has 0 aromatic carbocycles. The van der Waals surface area contributed by atoms with Crippen LogP contribution in [0.5, 0.6) is 0 Å². The summed E-state index contributed by atoms with van der Waals surface area (Å²) in [4.78, 5) is 33.3. The van der Waals surface area contributed by atoms with Gasteiger partial charge in [-0.2, -0.15) is 0 Å². The third kappa shape index (κ3) is 2.79. The fraction of sp³-hybridized carbons (Fsp3) is 0.444. The van der Waals surface area contributed by atoms with E-state index in [1.165, 1.54) is 0 Å². The molecule has 0 N–H and O–H groups in total. The van der Waals surface area contributed by atoms with Crippen molar-refractivity contribution in [3.63, 3.8) is 0 Å². The highest BCUT2D eigenvalue weighted by atomic mass is 16.5. The molecule has 2 aliphatic rings. The molecule has 4 heterocycles. The van der Waals surface area contributed by atoms with Crippen LogP contribution in [-0.4, -0.2) is 50.4 Å². The van der Waals surface area contributed by atoms with Crippen LogP contribution in [0.2, 0.25) is 0 Å². The van der Waals surface area contributed by atoms with Crippen LogP contribution in [0.4, 0.5) is 0 Å². The number of hydrogen-bond acceptors (Lipinski definition) is 5. The Morgan fingerprint density at radius 3 is 2.88 bits per heavy atom. The van der Waals surface area contributed by atoms with Crippen LogP contribution in [0, 0.1) is 13.8 Å². The van der Waals surface area contributed by atoms with Crippen LogP contribution in [0.25, 0.3) is 0 Å². The van der Waals surface area contributed by atoms with Crippen LogP contribution in [-0.2, 0) is 11.3 Å². The first kappa shape index (κ1) is 15.8. The van der Waals surface area contributed by atoms with E-state index < -0.39 is 0 Å². The first-order valence-corrected chi connectivity index (χ1v) is 8.49. The van der Waals surface area contributed by atoms with E-state index in [2.05, 4.69) is 10.1 Å². The molecule has 0 saturated carbocycles. The molecule has 0 aliphatic carbocycles. The van der Waals surface area contributed by atoms with Crippen LogP contribution in [0.15, 0.2) is 28.8 Å². The summed E-state index contributed by atoms with van der Waals surface area (Å²) in [5, 5.41) is 3.82. The highest BCUT2D eigenvalue weighted by Crippen LogP contribution is 2.34. The molecule has 2 fully saturated rings. The minimum atomic E-state index is -0.160. The Balaban J connectivity index is 1.52. The lowest BCUT2D eigenvalue weighted by molar-refractivity contribution is -0.129. The van der Waals surface area contributed by atoms with E-state index in [0.717, 1.165) is 17.8 Å². The summed E-state index contributed by atoms with van der Waals surface area (Å²) in [5.41, 5.74) is 2.13. The number of carbonyl (C=O) groups is 2. The molecule has 2 aliphatic heterocycles. The van der Waals surface area contributed by atoms with Crippen molar-refractivity contribution in [2.45, 2.75) is 45.3 Å². The molecule has 7 heteroatoms. The molecule has 0 spiro atoms. The first-order chi connectivity index (χ1) is 12.0. The van der Waals surface area contributed by atoms with Gasteiger partial charge in [-0.25, -0.2) is 0 Å². The normalized spacial score (nSPS) is 22.6. The third-order valence-electron chi connectivity index (χ3n) is 5.00. The van der Waals surface area contributed by atoms with Gasteiger partial charge in [0.2, 0.25) is 5.91 Å². The molecule has 2 saturated heterocycles. The van der Waals surface area contributed by atoms with Gasteiger partial charge < -0.3 is 14.3 Å². The minimum absolute atomic E-state index is 0.0479. The highest BCUT2D eigenvalue weighted by Gasteiger charge is 2.48. The molecule has 0 bridgehead atoms. The summed E-state index contributed by atoms with van der Waals surface area (Å²) in [7, 11) is 0. The second kappa shape index (κ2) is 5.98. The zero-order chi connectivity index (χ0) is 17.6. The summed E-state index contributed by atoms with van der Waals surface area (Å²) < 4.78 is 5.01. The molecule has 25 heavy (non-hydrogen) atoms. The monoisotopic (exact) mass is 340 g/mol. The number of rotatable bonds is 3. The fourth-order valence-corrected chi connectivity index (χ4v) is 3.86. The van der Waals surface area contributed by atoms with Gasteiger partial charge in [-0.05, 0) is 32.4 Å². The Morgan fingerprint density at radius 1 is 1.32 bits per heavy atom. The number of aryl methyl sites for hydroxylation is 2. The third-order valence-corrected chi connectivity index (χ3v) is 5.00. The summed E-state index contributed by atoms with van der Waals surface area (Å²) in [5.74, 6) is 0.522. The number of pyridine rings is 1. The van der Waals surface area contributed by atoms with E-state index in [9.17, 15) is 9.59 Å². The van der Waals surface area contributed by atoms with Gasteiger partial charge in [-0.15, -0.1) is 0 Å². The number of fused-ring (bicyclic) bond motifs is 1. The minimum Gasteiger partial charge on any atom is -0.361 e. The van der Waals surface area contributed by atoms with Crippen LogP contribution in [0.3, 0.4) is 0 Å². The Bertz CT molecular complexity index is 831. The highest BCUT2D eigenvalue weighted by molar-refractivity contribution is 5.94. The summed E-state index contributed by atoms with van der Waals surface area (Å²) in [6.45, 7) is 4.82. The van der Waals surface area contributed by atoms with Crippen molar-refractivity contribution >= 4 is 11.8 Å². The largest absolute Gasteiger partial charge is 0.361 e. The average molecular weight is 340 g/mol. The predicted octanol–water partition coefficient (Wildman–Crippen LogP) is 1.70. The quantitative estimate of drug-likeness (QED) is 0.850. The molecule has 0 unspecified atom stereocenters. The molecule has 4 rings (SSSR count). The Morgan fingerprint density at radius 2 is 2.16 bits per heavy atom. The number of likely N-dealkylation sites (tertiary alicyclic amines) is 2. The molecular weight excluding hydrogens is 320 g/mol. The van der Waals surface area contributed by atoms with E-state index in [-0.39, 0.29) is 23.9 Å². The first-order valence-electron chi connectivity index (χ1n) is 8.49. The lowest BCUT2D eigenvalue weighted by Crippen LogP contribution is -2.39. The lowest BCUT2D eigenvalue weighted by Gasteiger charge is -2.24. The van der Waals surface area contributed by atoms with Gasteiger partial charge in [0.25, 0.3) is 5.91 Å². The Labute approximate surface area is 145 Å². The van der Waals surface area contributed by atoms with Crippen molar-refractivity contribution in [3.8, 4) is 0 Å². The number of carbonyl (C=O) groups excluding carboxylic acids is 2. The number of hydrogen-bond donors (Lipinski definition) is 0. The van der Waals surface area contributed by atoms with Gasteiger partial charge in [-0.3, -0.25) is 14.6 Å². The molecule has 2 amide bonds. The summed E-state index contributed by atoms with van der Waals surface area (Å²) in [6.07, 6.45) is 1.14. The van der Waals surface area contributed by atoms with Gasteiger partial charge in [0.05, 0.1) is 24.3 Å². The van der Waals surface area contributed by atoms with Crippen molar-refractivity contribution < 1.29 is 14.1 Å². The fourth-order valence-electron chi connectivity index (χ4n) is 3.86. The smallest absolute Gasteiger partial charge is 0.276 e. The van der Waals surface area contributed by atoms with Gasteiger partial charge >= 0.3 is 0 Å². The van der Waals surface area contributed by atoms with Crippen molar-refractivity contribution in [1.29, 1.82) is 0 Å². The number of amides is 2. The molecule has 130 valence electrons. The predicted molar refractivity (Wildman–Crippen MR) is 88.6 cm³/mol. The van der Waals surface area contributed by atoms with Crippen molar-refractivity contribution in [1.82, 2.24) is 19.9 Å². The van der Waals surface area contributed by atoms with Crippen molar-refractivity contribution in [2.24, 2.45) is 0 Å². The van der Waals surface area contributed by atoms with Crippen molar-refractivity contribution in [2.75, 3.05) is 6.54 Å². The average Bonchev–Trinajstić information content (AvgIpc) is 3.25. The molecule has 2 aromatic rings. The van der Waals surface area contributed by atoms with Crippen molar-refractivity contribution in [3.05, 3.63) is 47.1 Å². The maximum atomic E-state index is 12.7. The maximum Gasteiger partial charge on any atom is 0.276 e. The number of nitrogens with zero attached hydrogens (tertiary/aromatic N) is 4. The van der Waals surface area contributed by atoms with E-state index in [0.29, 0.717) is 31.0 Å². The molecule has 7 nitrogen and oxygen atoms in total. The topological polar surface area (TPSA) is 79.5 Å². The zero-order valence-corrected chi connectivity index (χ0v) is 14.3. The zero-order valence-electron chi connectivity index (χ0n) is 14.3. The van der Waals surface area contributed by atoms with Gasteiger partial charge in [0, 0.05) is 24.7 Å². The lowest BCUT2D eigenvalue weighted by atomic mass is 10.1. The molecular formula is C18H20N4O3. The Hall–Kier alpha value is -2.70. The van der Waals surface area contributed by atoms with Crippen LogP contribution >= 0.6 is 0 Å². The summed E-state index contributed by atoms with van der Waals surface area (Å²) >= 11 is 0. The number of aromatic nitrogens is 2. The van der Waals surface area contributed by atoms with E-state index in [1.54, 1.807) is 17.9 Å². The van der Waals surface area contributed by atoms with Crippen LogP contribution < -0.4 is 0 Å². The Kier molecular flexibility index (Phi) is 3.78. The van der Waals surface area contributed by atoms with Gasteiger partial charge in [0.1, 0.15) is 5.76 Å². The molecule has 0 radical (unpaired) electrons. The van der Waals surface area contributed by atoms with E-state index >= 15 is 0 Å². The molecule has 2 aromatic heterocycles. The van der Waals surface area contributed by atoms with E-state index in [1.807, 2.05) is 30.0 Å². The standard InChI is InChI=1S/C18H20N4O3/c1-11-4-3-5-13(19-11)10-22-15-6-7-21(16(15)9-17(22)23)18(24)14-8-12(2)25-20-14/h3-5,8,15-16H,6-7,9-10H2,1-2H3/t15-,16+/m1/s1. The van der Waals surface area contributed by atoms with Gasteiger partial charge in [-0.1, -0.05) is 11.2 Å².